The molecule has 2 N–H and O–H groups in total. The fourth-order valence-electron chi connectivity index (χ4n) is 0.354. The number of nitrogens with two attached hydrogens (primary N) is 1. The van der Waals surface area contributed by atoms with Gasteiger partial charge in [-0.2, -0.15) is 0 Å². The van der Waals surface area contributed by atoms with Crippen LogP contribution in [0.5, 0.6) is 0 Å². The monoisotopic (exact) mass is 121 g/mol. The molecule has 0 aliphatic carbocycles. The summed E-state index contributed by atoms with van der Waals surface area (Å²) in [5.41, 5.74) is 0. The Morgan fingerprint density at radius 1 is 1.14 bits per heavy atom. The van der Waals surface area contributed by atoms with Crippen molar-refractivity contribution in [2.45, 2.75) is 33.1 Å². The van der Waals surface area contributed by atoms with E-state index in [4.69, 9.17) is 0 Å². The van der Waals surface area contributed by atoms with E-state index in [-0.39, 0.29) is 0 Å². The van der Waals surface area contributed by atoms with Crippen LogP contribution in [-0.4, -0.2) is 0 Å². The summed E-state index contributed by atoms with van der Waals surface area (Å²) >= 11 is 3.03. The van der Waals surface area contributed by atoms with Crippen molar-refractivity contribution in [3.05, 3.63) is 0 Å². The molecule has 0 aromatic carbocycles. The molecule has 0 heterocycles. The van der Waals surface area contributed by atoms with Crippen molar-refractivity contribution in [2.75, 3.05) is 0 Å². The zero-order chi connectivity index (χ0) is 6.12. The van der Waals surface area contributed by atoms with Crippen LogP contribution in [0.25, 0.3) is 0 Å². The Kier molecular flexibility index (Phi) is 23.9. The largest absolute Gasteiger partial charge is 0.281 e. The minimum atomic E-state index is 1.34. The lowest BCUT2D eigenvalue weighted by Crippen LogP contribution is -1.59. The molecule has 0 bridgehead atoms. The van der Waals surface area contributed by atoms with E-state index < -0.39 is 0 Å². The summed E-state index contributed by atoms with van der Waals surface area (Å²) < 4.78 is 0. The van der Waals surface area contributed by atoms with Crippen molar-refractivity contribution in [1.82, 2.24) is 0 Å². The van der Waals surface area contributed by atoms with Crippen molar-refractivity contribution in [2.24, 2.45) is 5.14 Å². The van der Waals surface area contributed by atoms with Gasteiger partial charge in [0.2, 0.25) is 0 Å². The van der Waals surface area contributed by atoms with Gasteiger partial charge in [0.05, 0.1) is 0 Å². The molecule has 1 nitrogen and oxygen atoms in total. The number of unbranched alkanes of at least 4 members (excludes halogenated alkanes) is 2. The molecule has 0 aromatic rings. The molecule has 0 aliphatic heterocycles. The maximum atomic E-state index is 4.19. The quantitative estimate of drug-likeness (QED) is 0.537. The minimum absolute atomic E-state index is 1.34. The smallest absolute Gasteiger partial charge is 0.0538 e. The van der Waals surface area contributed by atoms with Crippen molar-refractivity contribution in [1.29, 1.82) is 0 Å². The molecular weight excluding hydrogens is 106 g/mol. The van der Waals surface area contributed by atoms with E-state index in [0.717, 1.165) is 0 Å². The molecule has 0 unspecified atom stereocenters. The highest BCUT2D eigenvalue weighted by atomic mass is 32.1. The number of hydrogen-bond donors (Lipinski definition) is 2. The van der Waals surface area contributed by atoms with Gasteiger partial charge in [0.15, 0.2) is 0 Å². The third-order valence-electron chi connectivity index (χ3n) is 0.707. The van der Waals surface area contributed by atoms with Gasteiger partial charge in [0, 0.05) is 0 Å². The predicted molar refractivity (Wildman–Crippen MR) is 38.4 cm³/mol. The second-order valence-electron chi connectivity index (χ2n) is 1.35. The molecular formula is C5H15NS. The first-order valence-electron chi connectivity index (χ1n) is 2.67. The summed E-state index contributed by atoms with van der Waals surface area (Å²) in [6.07, 6.45) is 4.08. The third kappa shape index (κ3) is 22.0. The van der Waals surface area contributed by atoms with Gasteiger partial charge in [0.1, 0.15) is 0 Å². The van der Waals surface area contributed by atoms with Gasteiger partial charge in [-0.1, -0.05) is 33.1 Å². The number of rotatable bonds is 2. The fourth-order valence-corrected chi connectivity index (χ4v) is 0.354. The Balaban J connectivity index is 0. The van der Waals surface area contributed by atoms with Gasteiger partial charge in [-0.25, -0.2) is 0 Å². The maximum absolute atomic E-state index is 4.19. The van der Waals surface area contributed by atoms with Crippen LogP contribution in [0.2, 0.25) is 0 Å². The predicted octanol–water partition coefficient (Wildman–Crippen LogP) is 1.99. The number of thiol groups is 1. The van der Waals surface area contributed by atoms with Crippen LogP contribution in [0.15, 0.2) is 0 Å². The molecule has 0 rings (SSSR count). The molecule has 0 saturated carbocycles. The van der Waals surface area contributed by atoms with Crippen molar-refractivity contribution in [3.63, 3.8) is 0 Å². The van der Waals surface area contributed by atoms with Crippen LogP contribution in [0.1, 0.15) is 33.1 Å². The van der Waals surface area contributed by atoms with Crippen LogP contribution in [-0.2, 0) is 0 Å². The lowest BCUT2D eigenvalue weighted by molar-refractivity contribution is 0.772. The highest BCUT2D eigenvalue weighted by molar-refractivity contribution is 7.77. The summed E-state index contributed by atoms with van der Waals surface area (Å²) in [6, 6.07) is 0. The van der Waals surface area contributed by atoms with Crippen molar-refractivity contribution in [3.8, 4) is 0 Å². The highest BCUT2D eigenvalue weighted by Crippen LogP contribution is 1.88. The van der Waals surface area contributed by atoms with Gasteiger partial charge in [-0.15, -0.1) is 12.8 Å². The summed E-state index contributed by atoms with van der Waals surface area (Å²) in [4.78, 5) is 0. The SMILES string of the molecule is CCCCC.NS. The molecule has 2 heteroatoms. The minimum Gasteiger partial charge on any atom is -0.281 e. The lowest BCUT2D eigenvalue weighted by atomic mass is 10.3. The first kappa shape index (κ1) is 10.3. The second-order valence-corrected chi connectivity index (χ2v) is 1.35. The van der Waals surface area contributed by atoms with Crippen molar-refractivity contribution < 1.29 is 0 Å². The van der Waals surface area contributed by atoms with E-state index in [1.807, 2.05) is 0 Å². The van der Waals surface area contributed by atoms with E-state index in [1.54, 1.807) is 0 Å². The standard InChI is InChI=1S/C5H12.H3NS/c1-3-5-4-2;1-2/h3-5H2,1-2H3;2H,1H2. The van der Waals surface area contributed by atoms with E-state index in [2.05, 4.69) is 31.8 Å². The highest BCUT2D eigenvalue weighted by Gasteiger charge is 1.68. The molecule has 0 amide bonds. The average Bonchev–Trinajstić information content (AvgIpc) is 1.75. The van der Waals surface area contributed by atoms with E-state index in [0.29, 0.717) is 0 Å². The fraction of sp³-hybridized carbons (Fsp3) is 1.00. The first-order valence-corrected chi connectivity index (χ1v) is 3.19. The summed E-state index contributed by atoms with van der Waals surface area (Å²) in [5, 5.41) is 4.19. The third-order valence-corrected chi connectivity index (χ3v) is 0.707. The Morgan fingerprint density at radius 2 is 1.43 bits per heavy atom. The Hall–Kier alpha value is 0.310. The van der Waals surface area contributed by atoms with Gasteiger partial charge in [0.25, 0.3) is 0 Å². The van der Waals surface area contributed by atoms with Crippen LogP contribution < -0.4 is 5.14 Å². The van der Waals surface area contributed by atoms with E-state index in [1.165, 1.54) is 19.3 Å². The van der Waals surface area contributed by atoms with Crippen LogP contribution >= 0.6 is 12.8 Å². The summed E-state index contributed by atoms with van der Waals surface area (Å²) in [5.74, 6) is 0. The van der Waals surface area contributed by atoms with E-state index in [9.17, 15) is 0 Å². The first-order chi connectivity index (χ1) is 3.41. The molecule has 0 radical (unpaired) electrons. The molecule has 0 saturated heterocycles. The van der Waals surface area contributed by atoms with Crippen LogP contribution in [0.4, 0.5) is 0 Å². The van der Waals surface area contributed by atoms with Crippen molar-refractivity contribution >= 4 is 12.8 Å². The second kappa shape index (κ2) is 16.2. The molecule has 0 fully saturated rings. The van der Waals surface area contributed by atoms with Gasteiger partial charge >= 0.3 is 0 Å². The maximum Gasteiger partial charge on any atom is -0.0538 e. The molecule has 0 aliphatic rings. The zero-order valence-corrected chi connectivity index (χ0v) is 6.04. The Labute approximate surface area is 51.8 Å². The van der Waals surface area contributed by atoms with E-state index >= 15 is 0 Å². The molecule has 46 valence electrons. The molecule has 0 spiro atoms. The topological polar surface area (TPSA) is 26.0 Å². The summed E-state index contributed by atoms with van der Waals surface area (Å²) in [6.45, 7) is 4.42. The van der Waals surface area contributed by atoms with Crippen LogP contribution in [0.3, 0.4) is 0 Å². The number of hydrogen-bond acceptors (Lipinski definition) is 2. The molecule has 0 atom stereocenters. The van der Waals surface area contributed by atoms with Gasteiger partial charge in [-0.05, 0) is 0 Å². The normalized spacial score (nSPS) is 6.86. The average molecular weight is 121 g/mol. The van der Waals surface area contributed by atoms with Crippen LogP contribution in [0, 0.1) is 0 Å². The zero-order valence-electron chi connectivity index (χ0n) is 5.15. The Morgan fingerprint density at radius 3 is 1.43 bits per heavy atom. The lowest BCUT2D eigenvalue weighted by Gasteiger charge is -1.79. The molecule has 7 heavy (non-hydrogen) atoms. The van der Waals surface area contributed by atoms with Gasteiger partial charge in [-0.3, -0.25) is 5.14 Å². The molecule has 0 aromatic heterocycles. The van der Waals surface area contributed by atoms with Gasteiger partial charge < -0.3 is 0 Å². The Bertz CT molecular complexity index is 15.6. The summed E-state index contributed by atoms with van der Waals surface area (Å²) in [7, 11) is 0.